The van der Waals surface area contributed by atoms with Gasteiger partial charge in [-0.05, 0) is 38.8 Å². The predicted octanol–water partition coefficient (Wildman–Crippen LogP) is 2.05. The van der Waals surface area contributed by atoms with Gasteiger partial charge in [-0.1, -0.05) is 30.3 Å². The minimum atomic E-state index is -0.665. The molecule has 1 aliphatic rings. The average molecular weight is 290 g/mol. The van der Waals surface area contributed by atoms with Crippen molar-refractivity contribution < 1.29 is 9.90 Å². The van der Waals surface area contributed by atoms with Crippen LogP contribution in [0, 0.1) is 0 Å². The molecule has 1 amide bonds. The van der Waals surface area contributed by atoms with E-state index in [1.807, 2.05) is 51.2 Å². The van der Waals surface area contributed by atoms with Gasteiger partial charge in [-0.15, -0.1) is 0 Å². The molecule has 0 aliphatic carbocycles. The van der Waals surface area contributed by atoms with Crippen LogP contribution in [0.3, 0.4) is 0 Å². The van der Waals surface area contributed by atoms with Gasteiger partial charge in [0, 0.05) is 13.6 Å². The van der Waals surface area contributed by atoms with E-state index in [2.05, 4.69) is 4.90 Å². The van der Waals surface area contributed by atoms with Crippen molar-refractivity contribution in [2.24, 2.45) is 0 Å². The molecule has 4 nitrogen and oxygen atoms in total. The number of β-amino-alcohol motifs (C(OH)–C–C–N with tert-alkyl or cyclic N) is 1. The van der Waals surface area contributed by atoms with E-state index in [4.69, 9.17) is 0 Å². The first-order valence-electron chi connectivity index (χ1n) is 7.64. The molecule has 1 aromatic rings. The highest BCUT2D eigenvalue weighted by atomic mass is 16.3. The number of hydrogen-bond donors (Lipinski definition) is 1. The Kier molecular flexibility index (Phi) is 5.01. The summed E-state index contributed by atoms with van der Waals surface area (Å²) in [6.45, 7) is 5.73. The zero-order valence-electron chi connectivity index (χ0n) is 13.2. The molecule has 1 aromatic carbocycles. The molecule has 4 heteroatoms. The Morgan fingerprint density at radius 3 is 2.71 bits per heavy atom. The number of carbonyl (C=O) groups excluding carboxylic acids is 1. The molecule has 2 rings (SSSR count). The molecular formula is C17H26N2O2. The molecule has 1 saturated heterocycles. The second-order valence-electron chi connectivity index (χ2n) is 6.40. The summed E-state index contributed by atoms with van der Waals surface area (Å²) in [5.74, 6) is 0.101. The van der Waals surface area contributed by atoms with Crippen LogP contribution in [0.25, 0.3) is 0 Å². The fourth-order valence-electron chi connectivity index (χ4n) is 2.93. The third-order valence-corrected chi connectivity index (χ3v) is 4.37. The molecule has 1 aliphatic heterocycles. The summed E-state index contributed by atoms with van der Waals surface area (Å²) in [5, 5.41) is 10.1. The number of hydrogen-bond acceptors (Lipinski definition) is 3. The van der Waals surface area contributed by atoms with E-state index < -0.39 is 5.60 Å². The molecule has 1 fully saturated rings. The largest absolute Gasteiger partial charge is 0.389 e. The van der Waals surface area contributed by atoms with Crippen LogP contribution in [0.15, 0.2) is 30.3 Å². The highest BCUT2D eigenvalue weighted by molar-refractivity contribution is 5.78. The lowest BCUT2D eigenvalue weighted by Gasteiger charge is -2.37. The zero-order valence-corrected chi connectivity index (χ0v) is 13.2. The third kappa shape index (κ3) is 4.29. The standard InChI is InChI=1S/C17H26N2O2/c1-14(15-8-5-4-6-9-15)18(3)16(20)12-19-11-7-10-17(2,21)13-19/h4-6,8-9,14,21H,7,10-13H2,1-3H3. The van der Waals surface area contributed by atoms with Crippen LogP contribution in [0.1, 0.15) is 38.3 Å². The molecule has 116 valence electrons. The molecule has 0 spiro atoms. The summed E-state index contributed by atoms with van der Waals surface area (Å²) in [6, 6.07) is 10.1. The molecule has 2 unspecified atom stereocenters. The Morgan fingerprint density at radius 1 is 1.43 bits per heavy atom. The number of piperidine rings is 1. The van der Waals surface area contributed by atoms with Crippen LogP contribution in [0.5, 0.6) is 0 Å². The van der Waals surface area contributed by atoms with Gasteiger partial charge >= 0.3 is 0 Å². The van der Waals surface area contributed by atoms with Gasteiger partial charge in [-0.25, -0.2) is 0 Å². The van der Waals surface area contributed by atoms with Crippen LogP contribution in [-0.2, 0) is 4.79 Å². The van der Waals surface area contributed by atoms with Crippen LogP contribution < -0.4 is 0 Å². The minimum absolute atomic E-state index is 0.0593. The number of carbonyl (C=O) groups is 1. The van der Waals surface area contributed by atoms with Crippen molar-refractivity contribution in [2.75, 3.05) is 26.7 Å². The van der Waals surface area contributed by atoms with E-state index >= 15 is 0 Å². The number of amides is 1. The Hall–Kier alpha value is -1.39. The minimum Gasteiger partial charge on any atom is -0.389 e. The topological polar surface area (TPSA) is 43.8 Å². The maximum atomic E-state index is 12.4. The first-order valence-corrected chi connectivity index (χ1v) is 7.64. The van der Waals surface area contributed by atoms with E-state index in [1.165, 1.54) is 0 Å². The Bertz CT molecular complexity index is 473. The molecule has 0 aromatic heterocycles. The van der Waals surface area contributed by atoms with Crippen molar-refractivity contribution in [2.45, 2.75) is 38.3 Å². The first kappa shape index (κ1) is 16.0. The number of aliphatic hydroxyl groups is 1. The summed E-state index contributed by atoms with van der Waals surface area (Å²) in [7, 11) is 1.85. The van der Waals surface area contributed by atoms with Crippen molar-refractivity contribution >= 4 is 5.91 Å². The fraction of sp³-hybridized carbons (Fsp3) is 0.588. The summed E-state index contributed by atoms with van der Waals surface area (Å²) in [4.78, 5) is 16.3. The number of benzene rings is 1. The lowest BCUT2D eigenvalue weighted by atomic mass is 9.95. The fourth-order valence-corrected chi connectivity index (χ4v) is 2.93. The molecule has 0 bridgehead atoms. The Morgan fingerprint density at radius 2 is 2.10 bits per heavy atom. The first-order chi connectivity index (χ1) is 9.89. The summed E-state index contributed by atoms with van der Waals surface area (Å²) in [5.41, 5.74) is 0.473. The van der Waals surface area contributed by atoms with Crippen molar-refractivity contribution in [1.82, 2.24) is 9.80 Å². The van der Waals surface area contributed by atoms with Crippen molar-refractivity contribution in [3.63, 3.8) is 0 Å². The third-order valence-electron chi connectivity index (χ3n) is 4.37. The summed E-state index contributed by atoms with van der Waals surface area (Å²) in [6.07, 6.45) is 1.76. The van der Waals surface area contributed by atoms with Gasteiger partial charge in [0.25, 0.3) is 0 Å². The SMILES string of the molecule is CC(c1ccccc1)N(C)C(=O)CN1CCCC(C)(O)C1. The van der Waals surface area contributed by atoms with Crippen LogP contribution in [0.2, 0.25) is 0 Å². The predicted molar refractivity (Wildman–Crippen MR) is 83.9 cm³/mol. The summed E-state index contributed by atoms with van der Waals surface area (Å²) < 4.78 is 0. The van der Waals surface area contributed by atoms with E-state index in [9.17, 15) is 9.90 Å². The second kappa shape index (κ2) is 6.58. The van der Waals surface area contributed by atoms with Gasteiger partial charge in [0.05, 0.1) is 18.2 Å². The van der Waals surface area contributed by atoms with E-state index in [0.29, 0.717) is 13.1 Å². The smallest absolute Gasteiger partial charge is 0.236 e. The van der Waals surface area contributed by atoms with Crippen molar-refractivity contribution in [3.05, 3.63) is 35.9 Å². The maximum absolute atomic E-state index is 12.4. The van der Waals surface area contributed by atoms with Crippen molar-refractivity contribution in [3.8, 4) is 0 Å². The van der Waals surface area contributed by atoms with Gasteiger partial charge in [0.1, 0.15) is 0 Å². The van der Waals surface area contributed by atoms with E-state index in [-0.39, 0.29) is 11.9 Å². The number of likely N-dealkylation sites (N-methyl/N-ethyl adjacent to an activating group) is 1. The monoisotopic (exact) mass is 290 g/mol. The average Bonchev–Trinajstić information content (AvgIpc) is 2.45. The molecule has 1 N–H and O–H groups in total. The molecule has 0 saturated carbocycles. The molecular weight excluding hydrogens is 264 g/mol. The van der Waals surface area contributed by atoms with Crippen LogP contribution in [0.4, 0.5) is 0 Å². The lowest BCUT2D eigenvalue weighted by molar-refractivity contribution is -0.134. The van der Waals surface area contributed by atoms with Crippen LogP contribution in [-0.4, -0.2) is 53.1 Å². The number of rotatable bonds is 4. The normalized spacial score (nSPS) is 24.6. The summed E-state index contributed by atoms with van der Waals surface area (Å²) >= 11 is 0. The van der Waals surface area contributed by atoms with Crippen molar-refractivity contribution in [1.29, 1.82) is 0 Å². The van der Waals surface area contributed by atoms with Gasteiger partial charge in [0.2, 0.25) is 5.91 Å². The quantitative estimate of drug-likeness (QED) is 0.923. The Labute approximate surface area is 127 Å². The molecule has 21 heavy (non-hydrogen) atoms. The van der Waals surface area contributed by atoms with Gasteiger partial charge in [0.15, 0.2) is 0 Å². The molecule has 0 radical (unpaired) electrons. The zero-order chi connectivity index (χ0) is 15.5. The molecule has 1 heterocycles. The van der Waals surface area contributed by atoms with E-state index in [0.717, 1.165) is 24.9 Å². The molecule has 2 atom stereocenters. The number of likely N-dealkylation sites (tertiary alicyclic amines) is 1. The highest BCUT2D eigenvalue weighted by Gasteiger charge is 2.30. The number of nitrogens with zero attached hydrogens (tertiary/aromatic N) is 2. The van der Waals surface area contributed by atoms with Gasteiger partial charge in [-0.3, -0.25) is 9.69 Å². The van der Waals surface area contributed by atoms with Crippen LogP contribution >= 0.6 is 0 Å². The van der Waals surface area contributed by atoms with Gasteiger partial charge < -0.3 is 10.0 Å². The Balaban J connectivity index is 1.93. The maximum Gasteiger partial charge on any atom is 0.236 e. The second-order valence-corrected chi connectivity index (χ2v) is 6.40. The lowest BCUT2D eigenvalue weighted by Crippen LogP contribution is -2.49. The van der Waals surface area contributed by atoms with Gasteiger partial charge in [-0.2, -0.15) is 0 Å². The van der Waals surface area contributed by atoms with E-state index in [1.54, 1.807) is 4.90 Å². The highest BCUT2D eigenvalue weighted by Crippen LogP contribution is 2.22.